The van der Waals surface area contributed by atoms with E-state index >= 15 is 0 Å². The summed E-state index contributed by atoms with van der Waals surface area (Å²) >= 11 is 0. The highest BCUT2D eigenvalue weighted by atomic mass is 16.2. The number of hydrogen-bond donors (Lipinski definition) is 3. The molecule has 0 aromatic heterocycles. The molecule has 5 heteroatoms. The predicted molar refractivity (Wildman–Crippen MR) is 104 cm³/mol. The van der Waals surface area contributed by atoms with Crippen molar-refractivity contribution in [1.29, 1.82) is 0 Å². The van der Waals surface area contributed by atoms with Crippen molar-refractivity contribution in [3.8, 4) is 11.1 Å². The van der Waals surface area contributed by atoms with Crippen LogP contribution in [0.5, 0.6) is 0 Å². The third kappa shape index (κ3) is 5.09. The highest BCUT2D eigenvalue weighted by Gasteiger charge is 2.26. The monoisotopic (exact) mass is 353 g/mol. The van der Waals surface area contributed by atoms with Gasteiger partial charge in [-0.05, 0) is 29.5 Å². The molecule has 26 heavy (non-hydrogen) atoms. The van der Waals surface area contributed by atoms with Crippen molar-refractivity contribution in [2.75, 3.05) is 0 Å². The van der Waals surface area contributed by atoms with E-state index in [-0.39, 0.29) is 17.9 Å². The number of hydrogen-bond acceptors (Lipinski definition) is 2. The Labute approximate surface area is 155 Å². The summed E-state index contributed by atoms with van der Waals surface area (Å²) in [7, 11) is 0. The average Bonchev–Trinajstić information content (AvgIpc) is 2.66. The first-order valence-corrected chi connectivity index (χ1v) is 8.94. The second-order valence-corrected chi connectivity index (χ2v) is 6.59. The lowest BCUT2D eigenvalue weighted by atomic mass is 9.97. The predicted octanol–water partition coefficient (Wildman–Crippen LogP) is 3.61. The van der Waals surface area contributed by atoms with Crippen molar-refractivity contribution in [3.05, 3.63) is 60.2 Å². The van der Waals surface area contributed by atoms with Gasteiger partial charge in [0.05, 0.1) is 6.04 Å². The Bertz CT molecular complexity index is 729. The minimum absolute atomic E-state index is 0.00448. The van der Waals surface area contributed by atoms with Crippen molar-refractivity contribution in [3.63, 3.8) is 0 Å². The molecule has 4 N–H and O–H groups in total. The summed E-state index contributed by atoms with van der Waals surface area (Å²) < 4.78 is 0. The van der Waals surface area contributed by atoms with Crippen LogP contribution >= 0.6 is 0 Å². The first-order chi connectivity index (χ1) is 12.4. The van der Waals surface area contributed by atoms with Crippen LogP contribution in [-0.4, -0.2) is 18.0 Å². The summed E-state index contributed by atoms with van der Waals surface area (Å²) in [4.78, 5) is 23.8. The molecule has 0 unspecified atom stereocenters. The maximum atomic E-state index is 12.6. The van der Waals surface area contributed by atoms with Crippen LogP contribution in [0.3, 0.4) is 0 Å². The van der Waals surface area contributed by atoms with Crippen LogP contribution in [0.2, 0.25) is 0 Å². The van der Waals surface area contributed by atoms with Crippen LogP contribution in [0.15, 0.2) is 54.6 Å². The highest BCUT2D eigenvalue weighted by Crippen LogP contribution is 2.22. The van der Waals surface area contributed by atoms with Crippen LogP contribution in [-0.2, 0) is 4.79 Å². The number of carbonyl (C=O) groups excluding carboxylic acids is 2. The van der Waals surface area contributed by atoms with E-state index in [0.29, 0.717) is 0 Å². The van der Waals surface area contributed by atoms with E-state index in [0.717, 1.165) is 23.1 Å². The standard InChI is InChI=1S/C21H27N3O2/c1-4-14(2)19(24-21(22)26)20(25)23-15(3)16-10-12-18(13-11-16)17-8-6-5-7-9-17/h5-15,19H,4H2,1-3H3,(H,23,25)(H3,22,24,26)/t14-,15-,19+/m0/s1. The number of urea groups is 1. The van der Waals surface area contributed by atoms with Gasteiger partial charge < -0.3 is 16.4 Å². The fraction of sp³-hybridized carbons (Fsp3) is 0.333. The molecule has 5 nitrogen and oxygen atoms in total. The lowest BCUT2D eigenvalue weighted by Gasteiger charge is -2.25. The zero-order chi connectivity index (χ0) is 19.1. The van der Waals surface area contributed by atoms with Crippen molar-refractivity contribution in [2.45, 2.75) is 39.3 Å². The molecule has 138 valence electrons. The molecule has 0 spiro atoms. The van der Waals surface area contributed by atoms with Gasteiger partial charge in [0.2, 0.25) is 5.91 Å². The summed E-state index contributed by atoms with van der Waals surface area (Å²) in [6, 6.07) is 16.7. The molecule has 2 aromatic carbocycles. The Morgan fingerprint density at radius 1 is 0.923 bits per heavy atom. The van der Waals surface area contributed by atoms with Gasteiger partial charge in [-0.15, -0.1) is 0 Å². The van der Waals surface area contributed by atoms with Crippen LogP contribution in [0.25, 0.3) is 11.1 Å². The van der Waals surface area contributed by atoms with Crippen LogP contribution in [0.4, 0.5) is 4.79 Å². The average molecular weight is 353 g/mol. The second kappa shape index (κ2) is 9.04. The molecule has 0 aliphatic heterocycles. The maximum absolute atomic E-state index is 12.6. The highest BCUT2D eigenvalue weighted by molar-refractivity contribution is 5.87. The Morgan fingerprint density at radius 2 is 1.50 bits per heavy atom. The molecule has 0 saturated carbocycles. The Morgan fingerprint density at radius 3 is 2.04 bits per heavy atom. The Kier molecular flexibility index (Phi) is 6.78. The summed E-state index contributed by atoms with van der Waals surface area (Å²) in [6.45, 7) is 5.81. The van der Waals surface area contributed by atoms with Gasteiger partial charge in [-0.1, -0.05) is 74.9 Å². The summed E-state index contributed by atoms with van der Waals surface area (Å²) in [5.74, 6) is -0.229. The van der Waals surface area contributed by atoms with Crippen molar-refractivity contribution in [1.82, 2.24) is 10.6 Å². The first-order valence-electron chi connectivity index (χ1n) is 8.94. The number of carbonyl (C=O) groups is 2. The molecule has 2 rings (SSSR count). The van der Waals surface area contributed by atoms with Gasteiger partial charge >= 0.3 is 6.03 Å². The van der Waals surface area contributed by atoms with Crippen molar-refractivity contribution >= 4 is 11.9 Å². The lowest BCUT2D eigenvalue weighted by Crippen LogP contribution is -2.52. The molecular weight excluding hydrogens is 326 g/mol. The quantitative estimate of drug-likeness (QED) is 0.710. The molecule has 0 radical (unpaired) electrons. The molecule has 0 aliphatic rings. The number of benzene rings is 2. The third-order valence-corrected chi connectivity index (χ3v) is 4.67. The zero-order valence-electron chi connectivity index (χ0n) is 15.5. The zero-order valence-corrected chi connectivity index (χ0v) is 15.5. The normalized spacial score (nSPS) is 14.1. The fourth-order valence-corrected chi connectivity index (χ4v) is 2.84. The summed E-state index contributed by atoms with van der Waals surface area (Å²) in [5.41, 5.74) is 8.48. The van der Waals surface area contributed by atoms with Gasteiger partial charge in [0.15, 0.2) is 0 Å². The molecule has 0 aliphatic carbocycles. The summed E-state index contributed by atoms with van der Waals surface area (Å²) in [5, 5.41) is 5.51. The molecule has 3 atom stereocenters. The van der Waals surface area contributed by atoms with E-state index < -0.39 is 12.1 Å². The van der Waals surface area contributed by atoms with Gasteiger partial charge in [-0.25, -0.2) is 4.79 Å². The molecule has 0 fully saturated rings. The van der Waals surface area contributed by atoms with Crippen molar-refractivity contribution in [2.24, 2.45) is 11.7 Å². The molecule has 3 amide bonds. The minimum atomic E-state index is -0.690. The van der Waals surface area contributed by atoms with Gasteiger partial charge in [-0.2, -0.15) is 0 Å². The molecule has 0 saturated heterocycles. The molecule has 0 heterocycles. The van der Waals surface area contributed by atoms with Gasteiger partial charge in [0, 0.05) is 0 Å². The van der Waals surface area contributed by atoms with Gasteiger partial charge in [0.1, 0.15) is 6.04 Å². The second-order valence-electron chi connectivity index (χ2n) is 6.59. The van der Waals surface area contributed by atoms with Crippen molar-refractivity contribution < 1.29 is 9.59 Å². The fourth-order valence-electron chi connectivity index (χ4n) is 2.84. The van der Waals surface area contributed by atoms with E-state index in [1.807, 2.05) is 63.2 Å². The number of nitrogens with two attached hydrogens (primary N) is 1. The Hall–Kier alpha value is -2.82. The van der Waals surface area contributed by atoms with E-state index in [4.69, 9.17) is 5.73 Å². The SMILES string of the molecule is CC[C@H](C)[C@@H](NC(N)=O)C(=O)N[C@@H](C)c1ccc(-c2ccccc2)cc1. The van der Waals surface area contributed by atoms with E-state index in [2.05, 4.69) is 22.8 Å². The minimum Gasteiger partial charge on any atom is -0.352 e. The van der Waals surface area contributed by atoms with E-state index in [1.54, 1.807) is 0 Å². The number of amides is 3. The smallest absolute Gasteiger partial charge is 0.312 e. The first kappa shape index (κ1) is 19.5. The lowest BCUT2D eigenvalue weighted by molar-refractivity contribution is -0.124. The van der Waals surface area contributed by atoms with E-state index in [1.165, 1.54) is 0 Å². The van der Waals surface area contributed by atoms with Crippen LogP contribution in [0, 0.1) is 5.92 Å². The summed E-state index contributed by atoms with van der Waals surface area (Å²) in [6.07, 6.45) is 0.762. The van der Waals surface area contributed by atoms with E-state index in [9.17, 15) is 9.59 Å². The largest absolute Gasteiger partial charge is 0.352 e. The number of rotatable bonds is 7. The Balaban J connectivity index is 2.07. The molecule has 2 aromatic rings. The van der Waals surface area contributed by atoms with Crippen LogP contribution in [0.1, 0.15) is 38.8 Å². The van der Waals surface area contributed by atoms with Crippen LogP contribution < -0.4 is 16.4 Å². The third-order valence-electron chi connectivity index (χ3n) is 4.67. The van der Waals surface area contributed by atoms with Gasteiger partial charge in [-0.3, -0.25) is 4.79 Å². The maximum Gasteiger partial charge on any atom is 0.312 e. The number of primary amides is 1. The van der Waals surface area contributed by atoms with Gasteiger partial charge in [0.25, 0.3) is 0 Å². The molecular formula is C21H27N3O2. The molecule has 0 bridgehead atoms. The number of nitrogens with one attached hydrogen (secondary N) is 2. The topological polar surface area (TPSA) is 84.2 Å².